The van der Waals surface area contributed by atoms with Crippen molar-refractivity contribution in [2.24, 2.45) is 5.11 Å². The molecule has 0 atom stereocenters. The predicted molar refractivity (Wildman–Crippen MR) is 57.1 cm³/mol. The Hall–Kier alpha value is -2.33. The summed E-state index contributed by atoms with van der Waals surface area (Å²) in [6, 6.07) is 6.78. The van der Waals surface area contributed by atoms with Crippen LogP contribution in [0.5, 0.6) is 0 Å². The summed E-state index contributed by atoms with van der Waals surface area (Å²) in [4.78, 5) is 27.1. The molecule has 0 unspecified atom stereocenters. The van der Waals surface area contributed by atoms with Gasteiger partial charge in [-0.15, -0.1) is 0 Å². The van der Waals surface area contributed by atoms with Gasteiger partial charge < -0.3 is 4.90 Å². The van der Waals surface area contributed by atoms with E-state index in [1.54, 1.807) is 24.3 Å². The molecule has 0 radical (unpaired) electrons. The summed E-state index contributed by atoms with van der Waals surface area (Å²) in [5.41, 5.74) is 9.14. The van der Waals surface area contributed by atoms with E-state index in [2.05, 4.69) is 10.0 Å². The minimum atomic E-state index is -0.561. The molecule has 6 nitrogen and oxygen atoms in total. The van der Waals surface area contributed by atoms with Crippen LogP contribution < -0.4 is 4.90 Å². The third kappa shape index (κ3) is 1.51. The summed E-state index contributed by atoms with van der Waals surface area (Å²) in [5.74, 6) is -1.06. The van der Waals surface area contributed by atoms with Crippen LogP contribution in [0.1, 0.15) is 10.4 Å². The molecule has 0 N–H and O–H groups in total. The van der Waals surface area contributed by atoms with Crippen LogP contribution in [0, 0.1) is 0 Å². The lowest BCUT2D eigenvalue weighted by molar-refractivity contribution is -0.114. The second-order valence-corrected chi connectivity index (χ2v) is 3.26. The number of carbonyl (C=O) groups excluding carboxylic acids is 2. The maximum Gasteiger partial charge on any atom is 0.299 e. The molecule has 0 aromatic heterocycles. The van der Waals surface area contributed by atoms with Gasteiger partial charge in [0.15, 0.2) is 0 Å². The molecule has 0 saturated heterocycles. The van der Waals surface area contributed by atoms with E-state index < -0.39 is 11.7 Å². The Labute approximate surface area is 91.1 Å². The fraction of sp³-hybridized carbons (Fsp3) is 0.200. The monoisotopic (exact) mass is 216 g/mol. The van der Waals surface area contributed by atoms with E-state index in [0.717, 1.165) is 0 Å². The number of azide groups is 1. The molecule has 0 aliphatic carbocycles. The fourth-order valence-corrected chi connectivity index (χ4v) is 1.66. The van der Waals surface area contributed by atoms with Crippen molar-refractivity contribution in [3.63, 3.8) is 0 Å². The van der Waals surface area contributed by atoms with Gasteiger partial charge in [-0.25, -0.2) is 0 Å². The standard InChI is InChI=1S/C10H8N4O2/c11-13-12-5-6-14-8-4-2-1-3-7(8)9(15)10(14)16/h1-4H,5-6H2. The Bertz CT molecular complexity index is 505. The zero-order chi connectivity index (χ0) is 11.5. The Morgan fingerprint density at radius 2 is 2.06 bits per heavy atom. The predicted octanol–water partition coefficient (Wildman–Crippen LogP) is 1.53. The van der Waals surface area contributed by atoms with Crippen LogP contribution in [0.4, 0.5) is 5.69 Å². The average molecular weight is 216 g/mol. The van der Waals surface area contributed by atoms with Gasteiger partial charge in [-0.05, 0) is 17.7 Å². The second kappa shape index (κ2) is 4.04. The Morgan fingerprint density at radius 3 is 2.81 bits per heavy atom. The number of benzene rings is 1. The van der Waals surface area contributed by atoms with Gasteiger partial charge in [0, 0.05) is 18.0 Å². The van der Waals surface area contributed by atoms with Crippen LogP contribution in [0.3, 0.4) is 0 Å². The Balaban J connectivity index is 2.30. The molecule has 1 aliphatic heterocycles. The molecule has 2 rings (SSSR count). The lowest BCUT2D eigenvalue weighted by Crippen LogP contribution is -2.31. The van der Waals surface area contributed by atoms with Crippen LogP contribution in [0.15, 0.2) is 29.4 Å². The number of carbonyl (C=O) groups is 2. The Morgan fingerprint density at radius 1 is 1.31 bits per heavy atom. The summed E-state index contributed by atoms with van der Waals surface area (Å²) in [6.07, 6.45) is 0. The van der Waals surface area contributed by atoms with Crippen molar-refractivity contribution in [3.8, 4) is 0 Å². The van der Waals surface area contributed by atoms with Crippen molar-refractivity contribution in [2.75, 3.05) is 18.0 Å². The van der Waals surface area contributed by atoms with E-state index >= 15 is 0 Å². The van der Waals surface area contributed by atoms with Crippen molar-refractivity contribution >= 4 is 17.4 Å². The van der Waals surface area contributed by atoms with Crippen LogP contribution in [0.25, 0.3) is 10.4 Å². The molecule has 0 saturated carbocycles. The van der Waals surface area contributed by atoms with E-state index in [1.807, 2.05) is 0 Å². The lowest BCUT2D eigenvalue weighted by atomic mass is 10.1. The van der Waals surface area contributed by atoms with Crippen molar-refractivity contribution in [3.05, 3.63) is 40.3 Å². The number of anilines is 1. The van der Waals surface area contributed by atoms with Crippen LogP contribution in [0.2, 0.25) is 0 Å². The van der Waals surface area contributed by atoms with Crippen LogP contribution >= 0.6 is 0 Å². The molecule has 16 heavy (non-hydrogen) atoms. The molecule has 80 valence electrons. The molecule has 1 aliphatic rings. The molecular weight excluding hydrogens is 208 g/mol. The molecule has 6 heteroatoms. The van der Waals surface area contributed by atoms with E-state index in [9.17, 15) is 9.59 Å². The molecule has 0 bridgehead atoms. The summed E-state index contributed by atoms with van der Waals surface area (Å²) in [6.45, 7) is 0.384. The first kappa shape index (κ1) is 10.2. The number of rotatable bonds is 3. The highest BCUT2D eigenvalue weighted by Gasteiger charge is 2.34. The number of nitrogens with zero attached hydrogens (tertiary/aromatic N) is 4. The smallest absolute Gasteiger partial charge is 0.299 e. The number of Topliss-reactive ketones (excluding diaryl/α,β-unsaturated/α-hetero) is 1. The molecule has 1 aromatic carbocycles. The first-order chi connectivity index (χ1) is 7.75. The number of fused-ring (bicyclic) bond motifs is 1. The highest BCUT2D eigenvalue weighted by atomic mass is 16.2. The van der Waals surface area contributed by atoms with Gasteiger partial charge >= 0.3 is 0 Å². The average Bonchev–Trinajstić information content (AvgIpc) is 2.55. The van der Waals surface area contributed by atoms with Crippen molar-refractivity contribution in [2.45, 2.75) is 0 Å². The zero-order valence-corrected chi connectivity index (χ0v) is 8.33. The van der Waals surface area contributed by atoms with Gasteiger partial charge in [0.1, 0.15) is 0 Å². The van der Waals surface area contributed by atoms with Crippen molar-refractivity contribution in [1.82, 2.24) is 0 Å². The molecule has 1 amide bonds. The van der Waals surface area contributed by atoms with Crippen molar-refractivity contribution < 1.29 is 9.59 Å². The van der Waals surface area contributed by atoms with Crippen molar-refractivity contribution in [1.29, 1.82) is 0 Å². The number of hydrogen-bond acceptors (Lipinski definition) is 3. The maximum absolute atomic E-state index is 11.6. The van der Waals surface area contributed by atoms with Crippen LogP contribution in [-0.2, 0) is 4.79 Å². The molecular formula is C10H8N4O2. The van der Waals surface area contributed by atoms with Gasteiger partial charge in [0.25, 0.3) is 11.7 Å². The van der Waals surface area contributed by atoms with E-state index in [1.165, 1.54) is 4.90 Å². The first-order valence-corrected chi connectivity index (χ1v) is 4.72. The topological polar surface area (TPSA) is 86.1 Å². The van der Waals surface area contributed by atoms with Gasteiger partial charge in [-0.3, -0.25) is 9.59 Å². The summed E-state index contributed by atoms with van der Waals surface area (Å²) >= 11 is 0. The van der Waals surface area contributed by atoms with Gasteiger partial charge in [0.2, 0.25) is 0 Å². The summed E-state index contributed by atoms with van der Waals surface area (Å²) in [5, 5.41) is 3.34. The number of hydrogen-bond donors (Lipinski definition) is 0. The van der Waals surface area contributed by atoms with E-state index in [4.69, 9.17) is 5.53 Å². The molecule has 1 aromatic rings. The number of para-hydroxylation sites is 1. The maximum atomic E-state index is 11.6. The van der Waals surface area contributed by atoms with Gasteiger partial charge in [-0.1, -0.05) is 17.2 Å². The molecule has 0 spiro atoms. The lowest BCUT2D eigenvalue weighted by Gasteiger charge is -2.14. The normalized spacial score (nSPS) is 13.6. The minimum absolute atomic E-state index is 0.157. The quantitative estimate of drug-likeness (QED) is 0.332. The number of amides is 1. The molecule has 0 fully saturated rings. The summed E-state index contributed by atoms with van der Waals surface area (Å²) < 4.78 is 0. The van der Waals surface area contributed by atoms with Gasteiger partial charge in [-0.2, -0.15) is 0 Å². The van der Waals surface area contributed by atoms with E-state index in [-0.39, 0.29) is 13.1 Å². The molecule has 1 heterocycles. The van der Waals surface area contributed by atoms with Crippen LogP contribution in [-0.4, -0.2) is 24.8 Å². The largest absolute Gasteiger partial charge is 0.305 e. The number of ketones is 1. The third-order valence-corrected chi connectivity index (χ3v) is 2.37. The zero-order valence-electron chi connectivity index (χ0n) is 8.33. The van der Waals surface area contributed by atoms with E-state index in [0.29, 0.717) is 11.3 Å². The fourth-order valence-electron chi connectivity index (χ4n) is 1.66. The Kier molecular flexibility index (Phi) is 2.57. The van der Waals surface area contributed by atoms with Gasteiger partial charge in [0.05, 0.1) is 11.3 Å². The first-order valence-electron chi connectivity index (χ1n) is 4.72. The minimum Gasteiger partial charge on any atom is -0.305 e. The third-order valence-electron chi connectivity index (χ3n) is 2.37. The SMILES string of the molecule is [N-]=[N+]=NCCN1C(=O)C(=O)c2ccccc21. The second-order valence-electron chi connectivity index (χ2n) is 3.26. The summed E-state index contributed by atoms with van der Waals surface area (Å²) in [7, 11) is 0. The highest BCUT2D eigenvalue weighted by Crippen LogP contribution is 2.27. The highest BCUT2D eigenvalue weighted by molar-refractivity contribution is 6.52.